The molecule has 0 rings (SSSR count). The fourth-order valence-electron chi connectivity index (χ4n) is 9.69. The second-order valence-electron chi connectivity index (χ2n) is 23.0. The zero-order valence-electron chi connectivity index (χ0n) is 52.0. The lowest BCUT2D eigenvalue weighted by Gasteiger charge is -2.21. The molecule has 0 aromatic heterocycles. The Kier molecular flexibility index (Phi) is 57.9. The molecule has 0 fully saturated rings. The Balaban J connectivity index is 4.64. The predicted octanol–water partition coefficient (Wildman–Crippen LogP) is 17.8. The molecule has 0 saturated carbocycles. The van der Waals surface area contributed by atoms with Crippen LogP contribution in [0.1, 0.15) is 329 Å². The highest BCUT2D eigenvalue weighted by molar-refractivity contribution is 7.47. The third-order valence-electron chi connectivity index (χ3n) is 14.8. The molecule has 4 N–H and O–H groups in total. The van der Waals surface area contributed by atoms with E-state index in [4.69, 9.17) is 32.3 Å². The predicted molar refractivity (Wildman–Crippen MR) is 326 cm³/mol. The van der Waals surface area contributed by atoms with Gasteiger partial charge in [0.05, 0.1) is 26.4 Å². The van der Waals surface area contributed by atoms with Crippen LogP contribution < -0.4 is 0 Å². The normalized spacial score (nSPS) is 14.3. The number of phosphoric acid groups is 2. The third kappa shape index (κ3) is 60.1. The largest absolute Gasteiger partial charge is 0.472 e. The summed E-state index contributed by atoms with van der Waals surface area (Å²) in [5.74, 6) is -1.54. The highest BCUT2D eigenvalue weighted by atomic mass is 31.2. The number of carbonyl (C=O) groups is 3. The topological polar surface area (TPSA) is 231 Å². The van der Waals surface area contributed by atoms with E-state index >= 15 is 0 Å². The van der Waals surface area contributed by atoms with Crippen molar-refractivity contribution in [3.63, 3.8) is 0 Å². The molecule has 0 spiro atoms. The van der Waals surface area contributed by atoms with E-state index in [1.54, 1.807) is 0 Å². The molecule has 482 valence electrons. The average molecular weight is 1200 g/mol. The SMILES string of the molecule is CCCCCCCCCCCCCCCCCC(=O)OCC(O)COP(=O)(O)OCC(O)COP(=O)(O)OCC(COC(=O)CCCCCCCCCCCCCCCCC)OC(=O)CCCCCCCCCCCCCCCCC. The van der Waals surface area contributed by atoms with Gasteiger partial charge in [-0.15, -0.1) is 0 Å². The Morgan fingerprint density at radius 3 is 0.778 bits per heavy atom. The molecule has 0 radical (unpaired) electrons. The molecule has 0 aliphatic heterocycles. The van der Waals surface area contributed by atoms with Crippen molar-refractivity contribution in [1.29, 1.82) is 0 Å². The minimum absolute atomic E-state index is 0.117. The monoisotopic (exact) mass is 1200 g/mol. The van der Waals surface area contributed by atoms with Crippen molar-refractivity contribution in [1.82, 2.24) is 0 Å². The number of ether oxygens (including phenoxy) is 3. The first-order valence-corrected chi connectivity index (χ1v) is 36.3. The standard InChI is InChI=1S/C63H124O16P2/c1-4-7-10-13-16-19-22-25-28-31-34-37-40-43-46-49-61(66)73-52-58(64)53-75-80(69,70)76-54-59(65)55-77-81(71,72)78-57-60(79-63(68)51-48-45-42-39-36-33-30-27-24-21-18-15-12-9-6-3)56-74-62(67)50-47-44-41-38-35-32-29-26-23-20-17-14-11-8-5-2/h58-60,64-65H,4-57H2,1-3H3,(H,69,70)(H,71,72). The maximum Gasteiger partial charge on any atom is 0.472 e. The van der Waals surface area contributed by atoms with E-state index in [9.17, 15) is 43.5 Å². The number of unbranched alkanes of at least 4 members (excludes halogenated alkanes) is 42. The van der Waals surface area contributed by atoms with Gasteiger partial charge in [-0.3, -0.25) is 32.5 Å². The van der Waals surface area contributed by atoms with Crippen LogP contribution in [0.4, 0.5) is 0 Å². The number of phosphoric ester groups is 2. The van der Waals surface area contributed by atoms with Gasteiger partial charge in [-0.2, -0.15) is 0 Å². The van der Waals surface area contributed by atoms with Gasteiger partial charge in [0.2, 0.25) is 0 Å². The van der Waals surface area contributed by atoms with E-state index in [0.717, 1.165) is 57.8 Å². The van der Waals surface area contributed by atoms with E-state index in [1.165, 1.54) is 212 Å². The molecular weight excluding hydrogens is 1070 g/mol. The summed E-state index contributed by atoms with van der Waals surface area (Å²) in [4.78, 5) is 58.2. The molecule has 0 aromatic rings. The summed E-state index contributed by atoms with van der Waals surface area (Å²) < 4.78 is 60.8. The summed E-state index contributed by atoms with van der Waals surface area (Å²) in [5.41, 5.74) is 0. The van der Waals surface area contributed by atoms with Gasteiger partial charge in [0.15, 0.2) is 6.10 Å². The maximum absolute atomic E-state index is 12.9. The molecule has 0 saturated heterocycles. The van der Waals surface area contributed by atoms with Crippen LogP contribution in [0.3, 0.4) is 0 Å². The molecule has 0 amide bonds. The van der Waals surface area contributed by atoms with E-state index in [0.29, 0.717) is 19.3 Å². The van der Waals surface area contributed by atoms with Crippen LogP contribution in [0, 0.1) is 0 Å². The molecule has 81 heavy (non-hydrogen) atoms. The second kappa shape index (κ2) is 58.9. The summed E-state index contributed by atoms with van der Waals surface area (Å²) in [6.07, 6.45) is 50.1. The number of hydrogen-bond donors (Lipinski definition) is 4. The van der Waals surface area contributed by atoms with Crippen LogP contribution in [0.15, 0.2) is 0 Å². The summed E-state index contributed by atoms with van der Waals surface area (Å²) in [6, 6.07) is 0. The fraction of sp³-hybridized carbons (Fsp3) is 0.952. The molecule has 0 aliphatic rings. The number of esters is 3. The van der Waals surface area contributed by atoms with E-state index in [1.807, 2.05) is 0 Å². The van der Waals surface area contributed by atoms with Crippen molar-refractivity contribution in [2.45, 2.75) is 347 Å². The summed E-state index contributed by atoms with van der Waals surface area (Å²) in [5, 5.41) is 20.5. The van der Waals surface area contributed by atoms with Gasteiger partial charge in [-0.05, 0) is 19.3 Å². The quantitative estimate of drug-likeness (QED) is 0.0192. The Bertz CT molecular complexity index is 1510. The van der Waals surface area contributed by atoms with Crippen LogP contribution in [-0.2, 0) is 55.8 Å². The molecule has 0 bridgehead atoms. The molecule has 5 unspecified atom stereocenters. The summed E-state index contributed by atoms with van der Waals surface area (Å²) in [7, 11) is -9.74. The van der Waals surface area contributed by atoms with Gasteiger partial charge in [-0.25, -0.2) is 9.13 Å². The number of rotatable bonds is 65. The zero-order valence-corrected chi connectivity index (χ0v) is 53.8. The van der Waals surface area contributed by atoms with Gasteiger partial charge < -0.3 is 34.2 Å². The Hall–Kier alpha value is -1.45. The lowest BCUT2D eigenvalue weighted by Crippen LogP contribution is -2.30. The first kappa shape index (κ1) is 79.5. The highest BCUT2D eigenvalue weighted by Crippen LogP contribution is 2.45. The fourth-order valence-corrected chi connectivity index (χ4v) is 11.3. The number of carbonyl (C=O) groups excluding carboxylic acids is 3. The summed E-state index contributed by atoms with van der Waals surface area (Å²) >= 11 is 0. The lowest BCUT2D eigenvalue weighted by atomic mass is 10.0. The van der Waals surface area contributed by atoms with Gasteiger partial charge in [-0.1, -0.05) is 290 Å². The van der Waals surface area contributed by atoms with E-state index in [-0.39, 0.29) is 19.3 Å². The number of aliphatic hydroxyl groups excluding tert-OH is 2. The number of hydrogen-bond acceptors (Lipinski definition) is 14. The minimum Gasteiger partial charge on any atom is -0.463 e. The summed E-state index contributed by atoms with van der Waals surface area (Å²) in [6.45, 7) is 2.75. The van der Waals surface area contributed by atoms with Crippen LogP contribution in [0.25, 0.3) is 0 Å². The van der Waals surface area contributed by atoms with Gasteiger partial charge in [0.25, 0.3) is 0 Å². The molecule has 0 aliphatic carbocycles. The van der Waals surface area contributed by atoms with E-state index in [2.05, 4.69) is 20.8 Å². The molecule has 5 atom stereocenters. The average Bonchev–Trinajstić information content (AvgIpc) is 3.45. The first-order chi connectivity index (χ1) is 39.2. The van der Waals surface area contributed by atoms with Crippen molar-refractivity contribution in [3.05, 3.63) is 0 Å². The van der Waals surface area contributed by atoms with Crippen LogP contribution >= 0.6 is 15.6 Å². The second-order valence-corrected chi connectivity index (χ2v) is 25.9. The Morgan fingerprint density at radius 1 is 0.296 bits per heavy atom. The van der Waals surface area contributed by atoms with Crippen molar-refractivity contribution in [3.8, 4) is 0 Å². The van der Waals surface area contributed by atoms with Crippen molar-refractivity contribution in [2.75, 3.05) is 39.6 Å². The van der Waals surface area contributed by atoms with Gasteiger partial charge >= 0.3 is 33.6 Å². The van der Waals surface area contributed by atoms with Crippen molar-refractivity contribution >= 4 is 33.6 Å². The van der Waals surface area contributed by atoms with Crippen LogP contribution in [0.2, 0.25) is 0 Å². The molecule has 16 nitrogen and oxygen atoms in total. The van der Waals surface area contributed by atoms with Crippen molar-refractivity contribution < 1.29 is 75.8 Å². The number of aliphatic hydroxyl groups is 2. The van der Waals surface area contributed by atoms with Gasteiger partial charge in [0.1, 0.15) is 25.4 Å². The Labute approximate surface area is 494 Å². The maximum atomic E-state index is 12.9. The molecule has 18 heteroatoms. The molecule has 0 heterocycles. The van der Waals surface area contributed by atoms with Crippen LogP contribution in [-0.4, -0.2) is 95.9 Å². The molecular formula is C63H124O16P2. The molecule has 0 aromatic carbocycles. The minimum atomic E-state index is -4.90. The first-order valence-electron chi connectivity index (χ1n) is 33.3. The highest BCUT2D eigenvalue weighted by Gasteiger charge is 2.29. The lowest BCUT2D eigenvalue weighted by molar-refractivity contribution is -0.161. The Morgan fingerprint density at radius 2 is 0.506 bits per heavy atom. The van der Waals surface area contributed by atoms with Crippen LogP contribution in [0.5, 0.6) is 0 Å². The zero-order chi connectivity index (χ0) is 59.6. The smallest absolute Gasteiger partial charge is 0.463 e. The van der Waals surface area contributed by atoms with Gasteiger partial charge in [0, 0.05) is 19.3 Å². The van der Waals surface area contributed by atoms with Crippen molar-refractivity contribution in [2.24, 2.45) is 0 Å². The third-order valence-corrected chi connectivity index (χ3v) is 16.7. The van der Waals surface area contributed by atoms with E-state index < -0.39 is 91.5 Å².